The van der Waals surface area contributed by atoms with Crippen molar-refractivity contribution in [2.24, 2.45) is 0 Å². The lowest BCUT2D eigenvalue weighted by atomic mass is 10.0. The Morgan fingerprint density at radius 2 is 1.77 bits per heavy atom. The quantitative estimate of drug-likeness (QED) is 0.689. The largest absolute Gasteiger partial charge is 0.497 e. The average Bonchev–Trinajstić information content (AvgIpc) is 3.25. The third-order valence-electron chi connectivity index (χ3n) is 5.12. The molecule has 3 rings (SSSR count). The number of likely N-dealkylation sites (tertiary alicyclic amines) is 1. The van der Waals surface area contributed by atoms with Gasteiger partial charge < -0.3 is 25.0 Å². The van der Waals surface area contributed by atoms with Gasteiger partial charge in [0.1, 0.15) is 11.5 Å². The van der Waals surface area contributed by atoms with E-state index in [1.807, 2.05) is 36.1 Å². The Morgan fingerprint density at radius 3 is 2.43 bits per heavy atom. The van der Waals surface area contributed by atoms with E-state index < -0.39 is 0 Å². The first-order valence-corrected chi connectivity index (χ1v) is 10.3. The van der Waals surface area contributed by atoms with Crippen molar-refractivity contribution in [1.29, 1.82) is 0 Å². The van der Waals surface area contributed by atoms with Crippen LogP contribution >= 0.6 is 0 Å². The van der Waals surface area contributed by atoms with E-state index in [0.717, 1.165) is 36.4 Å². The number of hydrogen-bond donors (Lipinski definition) is 2. The van der Waals surface area contributed by atoms with Gasteiger partial charge in [0.15, 0.2) is 0 Å². The lowest BCUT2D eigenvalue weighted by Crippen LogP contribution is -2.35. The van der Waals surface area contributed by atoms with Gasteiger partial charge in [-0.2, -0.15) is 0 Å². The molecule has 0 aliphatic carbocycles. The summed E-state index contributed by atoms with van der Waals surface area (Å²) in [5.41, 5.74) is 1.78. The number of carbonyl (C=O) groups excluding carboxylic acids is 2. The summed E-state index contributed by atoms with van der Waals surface area (Å²) in [6.45, 7) is 3.62. The van der Waals surface area contributed by atoms with E-state index in [1.54, 1.807) is 31.4 Å². The molecule has 160 valence electrons. The fourth-order valence-corrected chi connectivity index (χ4v) is 3.64. The van der Waals surface area contributed by atoms with Gasteiger partial charge in [-0.25, -0.2) is 4.79 Å². The third kappa shape index (κ3) is 5.65. The number of rotatable bonds is 8. The number of methoxy groups -OCH3 is 1. The first-order valence-electron chi connectivity index (χ1n) is 10.3. The van der Waals surface area contributed by atoms with Gasteiger partial charge in [-0.15, -0.1) is 0 Å². The molecule has 0 spiro atoms. The number of nitrogens with one attached hydrogen (secondary N) is 2. The van der Waals surface area contributed by atoms with Crippen LogP contribution in [0.2, 0.25) is 0 Å². The van der Waals surface area contributed by atoms with Crippen molar-refractivity contribution < 1.29 is 19.1 Å². The maximum absolute atomic E-state index is 12.7. The van der Waals surface area contributed by atoms with Gasteiger partial charge in [-0.3, -0.25) is 4.79 Å². The maximum Gasteiger partial charge on any atom is 0.319 e. The van der Waals surface area contributed by atoms with Crippen LogP contribution in [0, 0.1) is 0 Å². The van der Waals surface area contributed by atoms with Gasteiger partial charge in [-0.05, 0) is 61.7 Å². The minimum absolute atomic E-state index is 0.0520. The lowest BCUT2D eigenvalue weighted by molar-refractivity contribution is -0.132. The van der Waals surface area contributed by atoms with Crippen LogP contribution in [-0.4, -0.2) is 43.6 Å². The Morgan fingerprint density at radius 1 is 1.07 bits per heavy atom. The second kappa shape index (κ2) is 10.5. The number of benzene rings is 2. The topological polar surface area (TPSA) is 79.9 Å². The van der Waals surface area contributed by atoms with Crippen LogP contribution in [-0.2, 0) is 4.79 Å². The Bertz CT molecular complexity index is 837. The molecule has 0 saturated carbocycles. The van der Waals surface area contributed by atoms with Gasteiger partial charge in [0, 0.05) is 25.2 Å². The van der Waals surface area contributed by atoms with E-state index in [2.05, 4.69) is 10.6 Å². The molecule has 1 atom stereocenters. The molecule has 1 heterocycles. The Balaban J connectivity index is 1.46. The zero-order valence-electron chi connectivity index (χ0n) is 17.5. The Hall–Kier alpha value is -3.22. The minimum Gasteiger partial charge on any atom is -0.497 e. The van der Waals surface area contributed by atoms with E-state index in [0.29, 0.717) is 12.3 Å². The number of amides is 3. The molecule has 1 saturated heterocycles. The summed E-state index contributed by atoms with van der Waals surface area (Å²) in [4.78, 5) is 26.7. The van der Waals surface area contributed by atoms with Gasteiger partial charge >= 0.3 is 6.03 Å². The molecular weight excluding hydrogens is 382 g/mol. The van der Waals surface area contributed by atoms with Crippen molar-refractivity contribution in [1.82, 2.24) is 10.2 Å². The highest BCUT2D eigenvalue weighted by Gasteiger charge is 2.29. The molecule has 0 radical (unpaired) electrons. The summed E-state index contributed by atoms with van der Waals surface area (Å²) in [7, 11) is 1.59. The summed E-state index contributed by atoms with van der Waals surface area (Å²) in [5.74, 6) is 1.61. The zero-order valence-corrected chi connectivity index (χ0v) is 17.5. The molecule has 1 fully saturated rings. The van der Waals surface area contributed by atoms with Crippen LogP contribution in [0.15, 0.2) is 48.5 Å². The summed E-state index contributed by atoms with van der Waals surface area (Å²) < 4.78 is 10.6. The Kier molecular flexibility index (Phi) is 7.54. The molecular formula is C23H29N3O4. The van der Waals surface area contributed by atoms with Gasteiger partial charge in [0.2, 0.25) is 5.91 Å². The SMILES string of the molecule is CCOc1ccc(C2CCCN2C(=O)CCNC(=O)Nc2ccc(OC)cc2)cc1. The molecule has 30 heavy (non-hydrogen) atoms. The van der Waals surface area contributed by atoms with Crippen molar-refractivity contribution in [3.8, 4) is 11.5 Å². The summed E-state index contributed by atoms with van der Waals surface area (Å²) in [6.07, 6.45) is 2.20. The lowest BCUT2D eigenvalue weighted by Gasteiger charge is -2.25. The third-order valence-corrected chi connectivity index (χ3v) is 5.12. The zero-order chi connectivity index (χ0) is 21.3. The number of carbonyl (C=O) groups is 2. The van der Waals surface area contributed by atoms with E-state index in [4.69, 9.17) is 9.47 Å². The highest BCUT2D eigenvalue weighted by atomic mass is 16.5. The molecule has 1 unspecified atom stereocenters. The number of ether oxygens (including phenoxy) is 2. The molecule has 7 nitrogen and oxygen atoms in total. The Labute approximate surface area is 177 Å². The van der Waals surface area contributed by atoms with Crippen molar-refractivity contribution in [3.63, 3.8) is 0 Å². The highest BCUT2D eigenvalue weighted by molar-refractivity contribution is 5.89. The smallest absolute Gasteiger partial charge is 0.319 e. The molecule has 1 aliphatic heterocycles. The van der Waals surface area contributed by atoms with Crippen molar-refractivity contribution >= 4 is 17.6 Å². The van der Waals surface area contributed by atoms with E-state index in [-0.39, 0.29) is 30.9 Å². The number of anilines is 1. The van der Waals surface area contributed by atoms with E-state index in [1.165, 1.54) is 0 Å². The number of urea groups is 1. The molecule has 3 amide bonds. The van der Waals surface area contributed by atoms with Crippen LogP contribution in [0.25, 0.3) is 0 Å². The van der Waals surface area contributed by atoms with E-state index >= 15 is 0 Å². The van der Waals surface area contributed by atoms with Crippen molar-refractivity contribution in [2.45, 2.75) is 32.2 Å². The predicted molar refractivity (Wildman–Crippen MR) is 116 cm³/mol. The fraction of sp³-hybridized carbons (Fsp3) is 0.391. The summed E-state index contributed by atoms with van der Waals surface area (Å²) in [6, 6.07) is 14.8. The van der Waals surface area contributed by atoms with Crippen LogP contribution in [0.5, 0.6) is 11.5 Å². The standard InChI is InChI=1S/C23H29N3O4/c1-3-30-20-10-6-17(7-11-20)21-5-4-16-26(21)22(27)14-15-24-23(28)25-18-8-12-19(29-2)13-9-18/h6-13,21H,3-5,14-16H2,1-2H3,(H2,24,25,28). The minimum atomic E-state index is -0.336. The fourth-order valence-electron chi connectivity index (χ4n) is 3.64. The van der Waals surface area contributed by atoms with Crippen LogP contribution < -0.4 is 20.1 Å². The van der Waals surface area contributed by atoms with Crippen molar-refractivity contribution in [3.05, 3.63) is 54.1 Å². The second-order valence-corrected chi connectivity index (χ2v) is 7.11. The normalized spacial score (nSPS) is 15.5. The summed E-state index contributed by atoms with van der Waals surface area (Å²) in [5, 5.41) is 5.49. The maximum atomic E-state index is 12.7. The van der Waals surface area contributed by atoms with Crippen LogP contribution in [0.4, 0.5) is 10.5 Å². The molecule has 1 aliphatic rings. The first kappa shape index (κ1) is 21.5. The molecule has 7 heteroatoms. The monoisotopic (exact) mass is 411 g/mol. The highest BCUT2D eigenvalue weighted by Crippen LogP contribution is 2.33. The van der Waals surface area contributed by atoms with Gasteiger partial charge in [-0.1, -0.05) is 12.1 Å². The van der Waals surface area contributed by atoms with Gasteiger partial charge in [0.05, 0.1) is 19.8 Å². The van der Waals surface area contributed by atoms with Crippen molar-refractivity contribution in [2.75, 3.05) is 32.1 Å². The molecule has 0 aromatic heterocycles. The second-order valence-electron chi connectivity index (χ2n) is 7.11. The van der Waals surface area contributed by atoms with Gasteiger partial charge in [0.25, 0.3) is 0 Å². The molecule has 0 bridgehead atoms. The average molecular weight is 412 g/mol. The number of hydrogen-bond acceptors (Lipinski definition) is 4. The number of nitrogens with zero attached hydrogens (tertiary/aromatic N) is 1. The molecule has 2 aromatic rings. The van der Waals surface area contributed by atoms with Crippen LogP contribution in [0.1, 0.15) is 37.8 Å². The van der Waals surface area contributed by atoms with E-state index in [9.17, 15) is 9.59 Å². The van der Waals surface area contributed by atoms with Crippen LogP contribution in [0.3, 0.4) is 0 Å². The predicted octanol–water partition coefficient (Wildman–Crippen LogP) is 3.97. The molecule has 2 N–H and O–H groups in total. The molecule has 2 aromatic carbocycles. The summed E-state index contributed by atoms with van der Waals surface area (Å²) >= 11 is 0. The first-order chi connectivity index (χ1) is 14.6.